The van der Waals surface area contributed by atoms with Crippen LogP contribution in [0.15, 0.2) is 24.3 Å². The summed E-state index contributed by atoms with van der Waals surface area (Å²) in [5.74, 6) is 0.889. The minimum atomic E-state index is 0.153. The minimum Gasteiger partial charge on any atom is -0.493 e. The molecule has 2 heterocycles. The van der Waals surface area contributed by atoms with Gasteiger partial charge < -0.3 is 14.5 Å². The molecule has 1 atom stereocenters. The highest BCUT2D eigenvalue weighted by atomic mass is 16.5. The van der Waals surface area contributed by atoms with Crippen molar-refractivity contribution < 1.29 is 9.53 Å². The fraction of sp³-hybridized carbons (Fsp3) is 0.682. The van der Waals surface area contributed by atoms with Crippen molar-refractivity contribution in [3.05, 3.63) is 29.8 Å². The van der Waals surface area contributed by atoms with Gasteiger partial charge in [0.1, 0.15) is 5.75 Å². The first-order valence-electron chi connectivity index (χ1n) is 10.5. The Morgan fingerprint density at radius 1 is 1.08 bits per heavy atom. The number of benzene rings is 1. The maximum Gasteiger partial charge on any atom is 0.257 e. The number of ether oxygens (including phenoxy) is 1. The number of rotatable bonds is 7. The van der Waals surface area contributed by atoms with Crippen molar-refractivity contribution in [1.82, 2.24) is 9.80 Å². The highest BCUT2D eigenvalue weighted by molar-refractivity contribution is 5.97. The summed E-state index contributed by atoms with van der Waals surface area (Å²) in [7, 11) is 0. The van der Waals surface area contributed by atoms with Crippen LogP contribution in [0, 0.1) is 0 Å². The van der Waals surface area contributed by atoms with Crippen molar-refractivity contribution in [3.63, 3.8) is 0 Å². The molecule has 0 aliphatic carbocycles. The third kappa shape index (κ3) is 5.00. The predicted octanol–water partition coefficient (Wildman–Crippen LogP) is 4.35. The van der Waals surface area contributed by atoms with E-state index in [1.165, 1.54) is 38.8 Å². The first kappa shape index (κ1) is 19.2. The fourth-order valence-electron chi connectivity index (χ4n) is 4.22. The second kappa shape index (κ2) is 9.96. The fourth-order valence-corrected chi connectivity index (χ4v) is 4.22. The predicted molar refractivity (Wildman–Crippen MR) is 106 cm³/mol. The van der Waals surface area contributed by atoms with Crippen molar-refractivity contribution in [2.75, 3.05) is 32.8 Å². The molecule has 0 bridgehead atoms. The maximum atomic E-state index is 13.3. The van der Waals surface area contributed by atoms with E-state index in [4.69, 9.17) is 4.74 Å². The normalized spacial score (nSPS) is 21.6. The summed E-state index contributed by atoms with van der Waals surface area (Å²) in [4.78, 5) is 18.0. The Balaban J connectivity index is 1.65. The van der Waals surface area contributed by atoms with Crippen molar-refractivity contribution >= 4 is 5.91 Å². The van der Waals surface area contributed by atoms with Gasteiger partial charge in [-0.15, -0.1) is 0 Å². The molecule has 0 aromatic heterocycles. The van der Waals surface area contributed by atoms with E-state index in [9.17, 15) is 4.79 Å². The van der Waals surface area contributed by atoms with Crippen LogP contribution in [0.1, 0.15) is 68.6 Å². The van der Waals surface area contributed by atoms with Crippen molar-refractivity contribution in [2.45, 2.75) is 64.3 Å². The van der Waals surface area contributed by atoms with E-state index in [1.54, 1.807) is 0 Å². The standard InChI is InChI=1S/C22H34N2O2/c1-2-18-26-21-12-5-4-11-20(21)22(25)24-16-9-6-10-19(24)13-17-23-14-7-3-8-15-23/h4-5,11-12,19H,2-3,6-10,13-18H2,1H3. The highest BCUT2D eigenvalue weighted by Crippen LogP contribution is 2.26. The molecule has 0 saturated carbocycles. The summed E-state index contributed by atoms with van der Waals surface area (Å²) in [5, 5.41) is 0. The van der Waals surface area contributed by atoms with Gasteiger partial charge in [0, 0.05) is 19.1 Å². The Morgan fingerprint density at radius 2 is 1.85 bits per heavy atom. The zero-order chi connectivity index (χ0) is 18.2. The van der Waals surface area contributed by atoms with E-state index in [-0.39, 0.29) is 5.91 Å². The first-order valence-corrected chi connectivity index (χ1v) is 10.5. The van der Waals surface area contributed by atoms with Crippen molar-refractivity contribution in [1.29, 1.82) is 0 Å². The number of hydrogen-bond acceptors (Lipinski definition) is 3. The van der Waals surface area contributed by atoms with Gasteiger partial charge in [0.25, 0.3) is 5.91 Å². The van der Waals surface area contributed by atoms with Crippen LogP contribution in [0.2, 0.25) is 0 Å². The Bertz CT molecular complexity index is 569. The quantitative estimate of drug-likeness (QED) is 0.726. The molecule has 144 valence electrons. The molecular formula is C22H34N2O2. The Hall–Kier alpha value is -1.55. The number of carbonyl (C=O) groups excluding carboxylic acids is 1. The van der Waals surface area contributed by atoms with Gasteiger partial charge in [-0.1, -0.05) is 25.5 Å². The van der Waals surface area contributed by atoms with E-state index in [0.29, 0.717) is 12.6 Å². The zero-order valence-electron chi connectivity index (χ0n) is 16.3. The molecular weight excluding hydrogens is 324 g/mol. The monoisotopic (exact) mass is 358 g/mol. The molecule has 0 N–H and O–H groups in total. The number of piperidine rings is 2. The smallest absolute Gasteiger partial charge is 0.257 e. The maximum absolute atomic E-state index is 13.3. The van der Waals surface area contributed by atoms with Gasteiger partial charge in [0.05, 0.1) is 12.2 Å². The van der Waals surface area contributed by atoms with Crippen molar-refractivity contribution in [3.8, 4) is 5.75 Å². The molecule has 26 heavy (non-hydrogen) atoms. The second-order valence-corrected chi connectivity index (χ2v) is 7.68. The summed E-state index contributed by atoms with van der Waals surface area (Å²) < 4.78 is 5.83. The lowest BCUT2D eigenvalue weighted by Crippen LogP contribution is -2.45. The summed E-state index contributed by atoms with van der Waals surface area (Å²) >= 11 is 0. The van der Waals surface area contributed by atoms with E-state index in [0.717, 1.165) is 50.1 Å². The average Bonchev–Trinajstić information content (AvgIpc) is 2.71. The summed E-state index contributed by atoms with van der Waals surface area (Å²) in [5.41, 5.74) is 0.728. The number of carbonyl (C=O) groups is 1. The SMILES string of the molecule is CCCOc1ccccc1C(=O)N1CCCCC1CCN1CCCCC1. The molecule has 0 radical (unpaired) electrons. The van der Waals surface area contributed by atoms with Crippen LogP contribution in [-0.4, -0.2) is 54.5 Å². The zero-order valence-corrected chi connectivity index (χ0v) is 16.3. The Kier molecular flexibility index (Phi) is 7.36. The molecule has 2 fully saturated rings. The lowest BCUT2D eigenvalue weighted by Gasteiger charge is -2.38. The van der Waals surface area contributed by atoms with Crippen LogP contribution >= 0.6 is 0 Å². The molecule has 2 aliphatic heterocycles. The Labute approximate surface area is 158 Å². The number of hydrogen-bond donors (Lipinski definition) is 0. The summed E-state index contributed by atoms with van der Waals surface area (Å²) in [6, 6.07) is 8.11. The molecule has 2 saturated heterocycles. The van der Waals surface area contributed by atoms with E-state index in [1.807, 2.05) is 24.3 Å². The molecule has 2 aliphatic rings. The summed E-state index contributed by atoms with van der Waals surface area (Å²) in [6.45, 7) is 7.21. The van der Waals surface area contributed by atoms with Crippen molar-refractivity contribution in [2.24, 2.45) is 0 Å². The van der Waals surface area contributed by atoms with Gasteiger partial charge in [-0.2, -0.15) is 0 Å². The molecule has 1 unspecified atom stereocenters. The van der Waals surface area contributed by atoms with Gasteiger partial charge in [-0.25, -0.2) is 0 Å². The van der Waals surface area contributed by atoms with Gasteiger partial charge in [0.2, 0.25) is 0 Å². The Morgan fingerprint density at radius 3 is 2.65 bits per heavy atom. The summed E-state index contributed by atoms with van der Waals surface area (Å²) in [6.07, 6.45) is 9.57. The third-order valence-electron chi connectivity index (χ3n) is 5.69. The molecule has 1 aromatic carbocycles. The molecule has 4 heteroatoms. The lowest BCUT2D eigenvalue weighted by atomic mass is 9.97. The average molecular weight is 359 g/mol. The topological polar surface area (TPSA) is 32.8 Å². The first-order chi connectivity index (χ1) is 12.8. The lowest BCUT2D eigenvalue weighted by molar-refractivity contribution is 0.0575. The number of likely N-dealkylation sites (tertiary alicyclic amines) is 2. The van der Waals surface area contributed by atoms with E-state index >= 15 is 0 Å². The van der Waals surface area contributed by atoms with Gasteiger partial charge in [0.15, 0.2) is 0 Å². The largest absolute Gasteiger partial charge is 0.493 e. The minimum absolute atomic E-state index is 0.153. The number of amides is 1. The van der Waals surface area contributed by atoms with Crippen LogP contribution in [0.3, 0.4) is 0 Å². The van der Waals surface area contributed by atoms with Crippen LogP contribution in [0.25, 0.3) is 0 Å². The molecule has 1 amide bonds. The third-order valence-corrected chi connectivity index (χ3v) is 5.69. The van der Waals surface area contributed by atoms with E-state index < -0.39 is 0 Å². The van der Waals surface area contributed by atoms with Gasteiger partial charge >= 0.3 is 0 Å². The molecule has 0 spiro atoms. The van der Waals surface area contributed by atoms with Gasteiger partial charge in [-0.3, -0.25) is 4.79 Å². The molecule has 1 aromatic rings. The van der Waals surface area contributed by atoms with Gasteiger partial charge in [-0.05, 0) is 70.2 Å². The van der Waals surface area contributed by atoms with Crippen LogP contribution in [0.5, 0.6) is 5.75 Å². The molecule has 3 rings (SSSR count). The van der Waals surface area contributed by atoms with Crippen LogP contribution < -0.4 is 4.74 Å². The number of nitrogens with zero attached hydrogens (tertiary/aromatic N) is 2. The second-order valence-electron chi connectivity index (χ2n) is 7.68. The number of para-hydroxylation sites is 1. The van der Waals surface area contributed by atoms with E-state index in [2.05, 4.69) is 16.7 Å². The van der Waals surface area contributed by atoms with Crippen LogP contribution in [-0.2, 0) is 0 Å². The van der Waals surface area contributed by atoms with Crippen LogP contribution in [0.4, 0.5) is 0 Å². The highest BCUT2D eigenvalue weighted by Gasteiger charge is 2.29. The molecule has 4 nitrogen and oxygen atoms in total.